The molecule has 0 saturated heterocycles. The first-order valence-corrected chi connectivity index (χ1v) is 2.23. The van der Waals surface area contributed by atoms with Crippen molar-refractivity contribution in [3.63, 3.8) is 0 Å². The summed E-state index contributed by atoms with van der Waals surface area (Å²) in [6.45, 7) is 1.55. The Morgan fingerprint density at radius 2 is 2.50 bits per heavy atom. The quantitative estimate of drug-likeness (QED) is 0.418. The van der Waals surface area contributed by atoms with Crippen LogP contribution < -0.4 is 5.32 Å². The highest BCUT2D eigenvalue weighted by Crippen LogP contribution is 1.92. The Morgan fingerprint density at radius 3 is 2.62 bits per heavy atom. The van der Waals surface area contributed by atoms with Gasteiger partial charge < -0.3 is 10.4 Å². The van der Waals surface area contributed by atoms with Crippen LogP contribution in [0.4, 0.5) is 0 Å². The van der Waals surface area contributed by atoms with Crippen molar-refractivity contribution < 1.29 is 9.90 Å². The topological polar surface area (TPSA) is 61.7 Å². The summed E-state index contributed by atoms with van der Waals surface area (Å²) in [6.07, 6.45) is -1.01. The van der Waals surface area contributed by atoms with Gasteiger partial charge in [0.1, 0.15) is 5.71 Å². The van der Waals surface area contributed by atoms with Crippen LogP contribution in [0.3, 0.4) is 0 Å². The maximum absolute atomic E-state index is 10.4. The van der Waals surface area contributed by atoms with Gasteiger partial charge in [0, 0.05) is 0 Å². The van der Waals surface area contributed by atoms with E-state index in [4.69, 9.17) is 5.11 Å². The van der Waals surface area contributed by atoms with E-state index in [9.17, 15) is 4.79 Å². The van der Waals surface area contributed by atoms with Crippen LogP contribution in [0.25, 0.3) is 0 Å². The molecule has 2 N–H and O–H groups in total. The number of hydrogen-bond acceptors (Lipinski definition) is 3. The molecule has 1 unspecified atom stereocenters. The molecule has 0 fully saturated rings. The van der Waals surface area contributed by atoms with Crippen LogP contribution in [0.2, 0.25) is 0 Å². The first kappa shape index (κ1) is 5.24. The number of carbonyl (C=O) groups is 1. The average Bonchev–Trinajstić information content (AvgIpc) is 1.85. The zero-order chi connectivity index (χ0) is 6.15. The van der Waals surface area contributed by atoms with E-state index < -0.39 is 6.35 Å². The molecule has 44 valence electrons. The molecule has 1 rings (SSSR count). The molecule has 0 saturated carbocycles. The molecule has 4 heteroatoms. The van der Waals surface area contributed by atoms with Crippen LogP contribution in [0.5, 0.6) is 0 Å². The van der Waals surface area contributed by atoms with Crippen LogP contribution in [-0.2, 0) is 4.79 Å². The molecule has 0 bridgehead atoms. The van der Waals surface area contributed by atoms with E-state index in [2.05, 4.69) is 10.3 Å². The van der Waals surface area contributed by atoms with Crippen LogP contribution in [0.1, 0.15) is 6.92 Å². The van der Waals surface area contributed by atoms with E-state index in [1.807, 2.05) is 0 Å². The molecule has 1 atom stereocenters. The summed E-state index contributed by atoms with van der Waals surface area (Å²) < 4.78 is 0. The number of aliphatic imine (C=N–C) groups is 1. The fraction of sp³-hybridized carbons (Fsp3) is 0.500. The largest absolute Gasteiger partial charge is 0.355 e. The smallest absolute Gasteiger partial charge is 0.268 e. The lowest BCUT2D eigenvalue weighted by atomic mass is 10.4. The lowest BCUT2D eigenvalue weighted by Gasteiger charge is -1.93. The molecule has 8 heavy (non-hydrogen) atoms. The Hall–Kier alpha value is -0.900. The lowest BCUT2D eigenvalue weighted by Crippen LogP contribution is -2.28. The highest BCUT2D eigenvalue weighted by atomic mass is 16.3. The highest BCUT2D eigenvalue weighted by molar-refractivity contribution is 6.39. The van der Waals surface area contributed by atoms with Crippen LogP contribution in [0.15, 0.2) is 4.99 Å². The number of nitrogens with one attached hydrogen (secondary N) is 1. The summed E-state index contributed by atoms with van der Waals surface area (Å²) in [6, 6.07) is 0. The van der Waals surface area contributed by atoms with Gasteiger partial charge in [-0.15, -0.1) is 0 Å². The molecule has 0 radical (unpaired) electrons. The van der Waals surface area contributed by atoms with Crippen molar-refractivity contribution >= 4 is 11.6 Å². The molecule has 0 aliphatic carbocycles. The Morgan fingerprint density at radius 1 is 1.88 bits per heavy atom. The van der Waals surface area contributed by atoms with Gasteiger partial charge in [-0.1, -0.05) is 0 Å². The number of aliphatic hydroxyl groups is 1. The minimum absolute atomic E-state index is 0.294. The van der Waals surface area contributed by atoms with Gasteiger partial charge in [0.25, 0.3) is 5.91 Å². The summed E-state index contributed by atoms with van der Waals surface area (Å²) in [5, 5.41) is 10.7. The third-order valence-electron chi connectivity index (χ3n) is 0.905. The van der Waals surface area contributed by atoms with E-state index in [1.54, 1.807) is 6.92 Å². The third kappa shape index (κ3) is 0.696. The number of amides is 1. The van der Waals surface area contributed by atoms with E-state index in [0.29, 0.717) is 5.71 Å². The Kier molecular flexibility index (Phi) is 1.02. The van der Waals surface area contributed by atoms with E-state index in [-0.39, 0.29) is 5.91 Å². The number of carbonyl (C=O) groups excluding carboxylic acids is 1. The van der Waals surface area contributed by atoms with Crippen molar-refractivity contribution in [3.8, 4) is 0 Å². The third-order valence-corrected chi connectivity index (χ3v) is 0.905. The molecule has 1 amide bonds. The summed E-state index contributed by atoms with van der Waals surface area (Å²) in [4.78, 5) is 13.9. The molecule has 0 spiro atoms. The van der Waals surface area contributed by atoms with E-state index >= 15 is 0 Å². The second kappa shape index (κ2) is 1.56. The summed E-state index contributed by atoms with van der Waals surface area (Å²) in [5.74, 6) is -0.294. The molecule has 0 aromatic heterocycles. The molecule has 0 aromatic rings. The fourth-order valence-electron chi connectivity index (χ4n) is 0.496. The fourth-order valence-corrected chi connectivity index (χ4v) is 0.496. The maximum Gasteiger partial charge on any atom is 0.268 e. The Balaban J connectivity index is 2.73. The molecular weight excluding hydrogens is 108 g/mol. The van der Waals surface area contributed by atoms with Crippen molar-refractivity contribution in [1.82, 2.24) is 5.32 Å². The Bertz CT molecular complexity index is 152. The van der Waals surface area contributed by atoms with Crippen molar-refractivity contribution in [2.24, 2.45) is 4.99 Å². The zero-order valence-electron chi connectivity index (χ0n) is 4.38. The van der Waals surface area contributed by atoms with Crippen LogP contribution in [-0.4, -0.2) is 23.1 Å². The van der Waals surface area contributed by atoms with Crippen LogP contribution in [0, 0.1) is 0 Å². The minimum Gasteiger partial charge on any atom is -0.355 e. The molecule has 0 aromatic carbocycles. The SMILES string of the molecule is CC1=NC(O)NC1=O. The standard InChI is InChI=1S/C4H6N2O2/c1-2-3(7)6-4(8)5-2/h4,8H,1H3,(H,6,7). The monoisotopic (exact) mass is 114 g/mol. The molecule has 1 aliphatic heterocycles. The van der Waals surface area contributed by atoms with Crippen molar-refractivity contribution in [2.45, 2.75) is 13.3 Å². The lowest BCUT2D eigenvalue weighted by molar-refractivity contribution is -0.116. The highest BCUT2D eigenvalue weighted by Gasteiger charge is 2.17. The zero-order valence-corrected chi connectivity index (χ0v) is 4.38. The van der Waals surface area contributed by atoms with E-state index in [0.717, 1.165) is 0 Å². The first-order valence-electron chi connectivity index (χ1n) is 2.23. The molecule has 1 aliphatic rings. The summed E-state index contributed by atoms with van der Waals surface area (Å²) >= 11 is 0. The van der Waals surface area contributed by atoms with Gasteiger partial charge in [0.05, 0.1) is 0 Å². The summed E-state index contributed by atoms with van der Waals surface area (Å²) in [7, 11) is 0. The number of aliphatic hydroxyl groups excluding tert-OH is 1. The van der Waals surface area contributed by atoms with Gasteiger partial charge in [-0.05, 0) is 6.92 Å². The Labute approximate surface area is 46.2 Å². The summed E-state index contributed by atoms with van der Waals surface area (Å²) in [5.41, 5.74) is 0.331. The van der Waals surface area contributed by atoms with Gasteiger partial charge in [-0.3, -0.25) is 4.79 Å². The van der Waals surface area contributed by atoms with Gasteiger partial charge in [-0.2, -0.15) is 0 Å². The maximum atomic E-state index is 10.4. The van der Waals surface area contributed by atoms with Crippen LogP contribution >= 0.6 is 0 Å². The number of rotatable bonds is 0. The second-order valence-corrected chi connectivity index (χ2v) is 1.56. The van der Waals surface area contributed by atoms with Gasteiger partial charge in [-0.25, -0.2) is 4.99 Å². The average molecular weight is 114 g/mol. The van der Waals surface area contributed by atoms with E-state index in [1.165, 1.54) is 0 Å². The normalized spacial score (nSPS) is 27.5. The van der Waals surface area contributed by atoms with Crippen molar-refractivity contribution in [1.29, 1.82) is 0 Å². The number of hydrogen-bond donors (Lipinski definition) is 2. The van der Waals surface area contributed by atoms with Gasteiger partial charge >= 0.3 is 0 Å². The van der Waals surface area contributed by atoms with Crippen molar-refractivity contribution in [3.05, 3.63) is 0 Å². The molecular formula is C4H6N2O2. The first-order chi connectivity index (χ1) is 3.70. The molecule has 4 nitrogen and oxygen atoms in total. The minimum atomic E-state index is -1.01. The second-order valence-electron chi connectivity index (χ2n) is 1.56. The van der Waals surface area contributed by atoms with Gasteiger partial charge in [0.2, 0.25) is 6.35 Å². The van der Waals surface area contributed by atoms with Crippen molar-refractivity contribution in [2.75, 3.05) is 0 Å². The predicted molar refractivity (Wildman–Crippen MR) is 27.3 cm³/mol. The van der Waals surface area contributed by atoms with Gasteiger partial charge in [0.15, 0.2) is 0 Å². The predicted octanol–water partition coefficient (Wildman–Crippen LogP) is -1.15. The number of nitrogens with zero attached hydrogens (tertiary/aromatic N) is 1. The molecule has 1 heterocycles.